The highest BCUT2D eigenvalue weighted by atomic mass is 16.3. The summed E-state index contributed by atoms with van der Waals surface area (Å²) in [4.78, 5) is 12.2. The molecule has 0 aromatic rings. The number of aliphatic hydroxyl groups is 2. The molecule has 0 bridgehead atoms. The van der Waals surface area contributed by atoms with E-state index in [9.17, 15) is 15.0 Å². The first-order valence-corrected chi connectivity index (χ1v) is 16.6. The van der Waals surface area contributed by atoms with E-state index in [1.54, 1.807) is 6.08 Å². The fourth-order valence-electron chi connectivity index (χ4n) is 4.84. The molecule has 0 saturated carbocycles. The number of hydrogen-bond donors (Lipinski definition) is 3. The van der Waals surface area contributed by atoms with E-state index in [-0.39, 0.29) is 12.5 Å². The standard InChI is InChI=1S/C34H65NO3/c1-3-5-7-9-11-13-15-16-17-18-20-22-24-26-28-30-34(38)35-32(31-36)33(37)29-27-25-23-21-19-14-12-10-8-6-4-2/h19,21,27,29,32-33,36-37H,3-18,20,22-26,28,30-31H2,1-2H3,(H,35,38)/b21-19+,29-27+/t32?,33-/m1/s1. The Bertz CT molecular complexity index is 546. The van der Waals surface area contributed by atoms with Gasteiger partial charge in [0.25, 0.3) is 0 Å². The van der Waals surface area contributed by atoms with Gasteiger partial charge in [0, 0.05) is 6.42 Å². The van der Waals surface area contributed by atoms with Crippen LogP contribution < -0.4 is 5.32 Å². The van der Waals surface area contributed by atoms with Gasteiger partial charge in [-0.3, -0.25) is 4.79 Å². The second-order valence-corrected chi connectivity index (χ2v) is 11.2. The number of carbonyl (C=O) groups excluding carboxylic acids is 1. The van der Waals surface area contributed by atoms with Gasteiger partial charge >= 0.3 is 0 Å². The van der Waals surface area contributed by atoms with Crippen molar-refractivity contribution in [2.45, 2.75) is 180 Å². The van der Waals surface area contributed by atoms with E-state index in [1.165, 1.54) is 116 Å². The summed E-state index contributed by atoms with van der Waals surface area (Å²) in [5.41, 5.74) is 0. The van der Waals surface area contributed by atoms with Gasteiger partial charge in [-0.05, 0) is 32.1 Å². The molecule has 0 aromatic carbocycles. The van der Waals surface area contributed by atoms with Crippen LogP contribution in [0.15, 0.2) is 24.3 Å². The summed E-state index contributed by atoms with van der Waals surface area (Å²) in [6.07, 6.45) is 36.8. The second-order valence-electron chi connectivity index (χ2n) is 11.2. The molecule has 2 atom stereocenters. The van der Waals surface area contributed by atoms with Crippen LogP contribution in [0.1, 0.15) is 168 Å². The van der Waals surface area contributed by atoms with Crippen molar-refractivity contribution in [2.75, 3.05) is 6.61 Å². The third-order valence-corrected chi connectivity index (χ3v) is 7.44. The number of carbonyl (C=O) groups is 1. The molecule has 4 nitrogen and oxygen atoms in total. The molecule has 0 spiro atoms. The molecule has 0 heterocycles. The Balaban J connectivity index is 3.66. The number of amides is 1. The lowest BCUT2D eigenvalue weighted by atomic mass is 10.0. The lowest BCUT2D eigenvalue weighted by Gasteiger charge is -2.19. The SMILES string of the molecule is CCCCCCC/C=C/CC/C=C/[C@@H](O)C(CO)NC(=O)CCCCCCCCCCCCCCCCC. The van der Waals surface area contributed by atoms with Crippen LogP contribution in [0.4, 0.5) is 0 Å². The summed E-state index contributed by atoms with van der Waals surface area (Å²) < 4.78 is 0. The summed E-state index contributed by atoms with van der Waals surface area (Å²) in [5, 5.41) is 22.7. The van der Waals surface area contributed by atoms with Crippen LogP contribution in [0, 0.1) is 0 Å². The number of allylic oxidation sites excluding steroid dienone is 3. The Hall–Kier alpha value is -1.13. The predicted molar refractivity (Wildman–Crippen MR) is 165 cm³/mol. The molecular weight excluding hydrogens is 470 g/mol. The number of rotatable bonds is 29. The number of nitrogens with one attached hydrogen (secondary N) is 1. The van der Waals surface area contributed by atoms with Gasteiger partial charge in [0.1, 0.15) is 0 Å². The lowest BCUT2D eigenvalue weighted by Crippen LogP contribution is -2.45. The fourth-order valence-corrected chi connectivity index (χ4v) is 4.84. The topological polar surface area (TPSA) is 69.6 Å². The average molecular weight is 536 g/mol. The van der Waals surface area contributed by atoms with Crippen LogP contribution in [0.25, 0.3) is 0 Å². The monoisotopic (exact) mass is 535 g/mol. The third kappa shape index (κ3) is 26.5. The van der Waals surface area contributed by atoms with Crippen molar-refractivity contribution in [3.63, 3.8) is 0 Å². The smallest absolute Gasteiger partial charge is 0.220 e. The summed E-state index contributed by atoms with van der Waals surface area (Å²) in [6, 6.07) is -0.631. The lowest BCUT2D eigenvalue weighted by molar-refractivity contribution is -0.123. The Kier molecular flexibility index (Phi) is 29.5. The predicted octanol–water partition coefficient (Wildman–Crippen LogP) is 9.34. The van der Waals surface area contributed by atoms with Crippen LogP contribution in [0.5, 0.6) is 0 Å². The third-order valence-electron chi connectivity index (χ3n) is 7.44. The summed E-state index contributed by atoms with van der Waals surface area (Å²) in [6.45, 7) is 4.26. The first-order chi connectivity index (χ1) is 18.7. The van der Waals surface area contributed by atoms with Gasteiger partial charge in [0.15, 0.2) is 0 Å². The molecule has 38 heavy (non-hydrogen) atoms. The fraction of sp³-hybridized carbons (Fsp3) is 0.853. The highest BCUT2D eigenvalue weighted by Gasteiger charge is 2.17. The summed E-state index contributed by atoms with van der Waals surface area (Å²) in [7, 11) is 0. The molecule has 1 amide bonds. The maximum absolute atomic E-state index is 12.2. The van der Waals surface area contributed by atoms with E-state index in [0.717, 1.165) is 32.1 Å². The molecule has 4 heteroatoms. The Labute approximate surface area is 237 Å². The van der Waals surface area contributed by atoms with Crippen LogP contribution in [0.3, 0.4) is 0 Å². The maximum Gasteiger partial charge on any atom is 0.220 e. The van der Waals surface area contributed by atoms with Gasteiger partial charge in [-0.25, -0.2) is 0 Å². The van der Waals surface area contributed by atoms with Crippen molar-refractivity contribution < 1.29 is 15.0 Å². The average Bonchev–Trinajstić information content (AvgIpc) is 2.92. The van der Waals surface area contributed by atoms with Gasteiger partial charge in [-0.1, -0.05) is 154 Å². The largest absolute Gasteiger partial charge is 0.394 e. The molecule has 224 valence electrons. The van der Waals surface area contributed by atoms with Gasteiger partial charge in [-0.2, -0.15) is 0 Å². The number of unbranched alkanes of at least 4 members (excludes halogenated alkanes) is 20. The van der Waals surface area contributed by atoms with Crippen LogP contribution in [-0.4, -0.2) is 34.9 Å². The van der Waals surface area contributed by atoms with E-state index < -0.39 is 12.1 Å². The molecule has 0 rings (SSSR count). The zero-order valence-electron chi connectivity index (χ0n) is 25.4. The maximum atomic E-state index is 12.2. The minimum absolute atomic E-state index is 0.0759. The quantitative estimate of drug-likeness (QED) is 0.0660. The van der Waals surface area contributed by atoms with Crippen molar-refractivity contribution in [1.82, 2.24) is 5.32 Å². The zero-order chi connectivity index (χ0) is 27.9. The molecule has 0 aliphatic heterocycles. The van der Waals surface area contributed by atoms with Gasteiger partial charge in [0.2, 0.25) is 5.91 Å². The molecule has 0 radical (unpaired) electrons. The summed E-state index contributed by atoms with van der Waals surface area (Å²) >= 11 is 0. The van der Waals surface area contributed by atoms with Crippen molar-refractivity contribution >= 4 is 5.91 Å². The number of hydrogen-bond acceptors (Lipinski definition) is 3. The highest BCUT2D eigenvalue weighted by Crippen LogP contribution is 2.14. The van der Waals surface area contributed by atoms with Crippen LogP contribution >= 0.6 is 0 Å². The Morgan fingerprint density at radius 1 is 0.605 bits per heavy atom. The van der Waals surface area contributed by atoms with E-state index in [2.05, 4.69) is 31.3 Å². The first kappa shape index (κ1) is 36.9. The molecule has 0 aromatic heterocycles. The molecular formula is C34H65NO3. The van der Waals surface area contributed by atoms with E-state index in [4.69, 9.17) is 0 Å². The Morgan fingerprint density at radius 3 is 1.53 bits per heavy atom. The van der Waals surface area contributed by atoms with E-state index in [1.807, 2.05) is 6.08 Å². The van der Waals surface area contributed by atoms with Crippen LogP contribution in [-0.2, 0) is 4.79 Å². The Morgan fingerprint density at radius 2 is 1.03 bits per heavy atom. The van der Waals surface area contributed by atoms with Crippen molar-refractivity contribution in [1.29, 1.82) is 0 Å². The van der Waals surface area contributed by atoms with Gasteiger partial charge in [0.05, 0.1) is 18.8 Å². The molecule has 0 aliphatic carbocycles. The van der Waals surface area contributed by atoms with Crippen LogP contribution in [0.2, 0.25) is 0 Å². The minimum Gasteiger partial charge on any atom is -0.394 e. The molecule has 0 saturated heterocycles. The van der Waals surface area contributed by atoms with Gasteiger partial charge < -0.3 is 15.5 Å². The van der Waals surface area contributed by atoms with E-state index in [0.29, 0.717) is 6.42 Å². The summed E-state index contributed by atoms with van der Waals surface area (Å²) in [5.74, 6) is -0.0759. The highest BCUT2D eigenvalue weighted by molar-refractivity contribution is 5.76. The molecule has 0 fully saturated rings. The van der Waals surface area contributed by atoms with Crippen molar-refractivity contribution in [3.05, 3.63) is 24.3 Å². The minimum atomic E-state index is -0.854. The van der Waals surface area contributed by atoms with Gasteiger partial charge in [-0.15, -0.1) is 0 Å². The first-order valence-electron chi connectivity index (χ1n) is 16.6. The number of aliphatic hydroxyl groups excluding tert-OH is 2. The molecule has 1 unspecified atom stereocenters. The second kappa shape index (κ2) is 30.4. The normalized spacial score (nSPS) is 13.5. The van der Waals surface area contributed by atoms with Crippen molar-refractivity contribution in [2.24, 2.45) is 0 Å². The van der Waals surface area contributed by atoms with Crippen molar-refractivity contribution in [3.8, 4) is 0 Å². The molecule has 0 aliphatic rings. The van der Waals surface area contributed by atoms with E-state index >= 15 is 0 Å². The molecule has 3 N–H and O–H groups in total. The zero-order valence-corrected chi connectivity index (χ0v) is 25.4.